The van der Waals surface area contributed by atoms with Crippen molar-refractivity contribution in [2.45, 2.75) is 6.92 Å². The van der Waals surface area contributed by atoms with Crippen LogP contribution in [0.1, 0.15) is 15.9 Å². The Hall–Kier alpha value is -3.58. The van der Waals surface area contributed by atoms with Crippen molar-refractivity contribution in [1.29, 1.82) is 0 Å². The number of nitrogens with zero attached hydrogens (tertiary/aromatic N) is 2. The maximum atomic E-state index is 13.2. The zero-order chi connectivity index (χ0) is 21.3. The molecule has 0 unspecified atom stereocenters. The van der Waals surface area contributed by atoms with Crippen molar-refractivity contribution in [3.05, 3.63) is 98.5 Å². The molecule has 6 nitrogen and oxygen atoms in total. The van der Waals surface area contributed by atoms with E-state index in [-0.39, 0.29) is 11.4 Å². The van der Waals surface area contributed by atoms with Gasteiger partial charge in [0, 0.05) is 21.5 Å². The standard InChI is InChI=1S/C23H16BrN3O3/c1-14-9-10-20(22(11-14)27(29)30)26-23(28)18-13-21(15-5-4-6-16(24)12-15)25-19-8-3-2-7-17(18)19/h2-13H,1H3,(H,26,28). The lowest BCUT2D eigenvalue weighted by atomic mass is 10.0. The van der Waals surface area contributed by atoms with Gasteiger partial charge < -0.3 is 5.32 Å². The largest absolute Gasteiger partial charge is 0.316 e. The van der Waals surface area contributed by atoms with Gasteiger partial charge in [0.2, 0.25) is 0 Å². The molecule has 1 amide bonds. The summed E-state index contributed by atoms with van der Waals surface area (Å²) in [5.74, 6) is -0.434. The minimum Gasteiger partial charge on any atom is -0.316 e. The highest BCUT2D eigenvalue weighted by Crippen LogP contribution is 2.29. The number of nitro groups is 1. The summed E-state index contributed by atoms with van der Waals surface area (Å²) in [6.45, 7) is 1.76. The Morgan fingerprint density at radius 1 is 1.03 bits per heavy atom. The van der Waals surface area contributed by atoms with Gasteiger partial charge in [-0.2, -0.15) is 0 Å². The number of hydrogen-bond acceptors (Lipinski definition) is 4. The van der Waals surface area contributed by atoms with Gasteiger partial charge in [0.05, 0.1) is 21.7 Å². The number of rotatable bonds is 4. The molecule has 1 aromatic heterocycles. The van der Waals surface area contributed by atoms with Gasteiger partial charge in [0.1, 0.15) is 5.69 Å². The molecule has 0 radical (unpaired) electrons. The van der Waals surface area contributed by atoms with Gasteiger partial charge in [-0.25, -0.2) is 4.98 Å². The number of benzene rings is 3. The molecule has 0 aliphatic heterocycles. The second-order valence-electron chi connectivity index (χ2n) is 6.81. The Morgan fingerprint density at radius 3 is 2.60 bits per heavy atom. The van der Waals surface area contributed by atoms with Crippen LogP contribution in [0.3, 0.4) is 0 Å². The van der Waals surface area contributed by atoms with Gasteiger partial charge in [0.25, 0.3) is 11.6 Å². The van der Waals surface area contributed by atoms with E-state index >= 15 is 0 Å². The average molecular weight is 462 g/mol. The Morgan fingerprint density at radius 2 is 1.83 bits per heavy atom. The van der Waals surface area contributed by atoms with Crippen LogP contribution in [0, 0.1) is 17.0 Å². The summed E-state index contributed by atoms with van der Waals surface area (Å²) < 4.78 is 0.899. The first-order chi connectivity index (χ1) is 14.4. The summed E-state index contributed by atoms with van der Waals surface area (Å²) in [4.78, 5) is 28.8. The number of hydrogen-bond donors (Lipinski definition) is 1. The molecule has 1 N–H and O–H groups in total. The predicted molar refractivity (Wildman–Crippen MR) is 121 cm³/mol. The van der Waals surface area contributed by atoms with Gasteiger partial charge in [-0.3, -0.25) is 14.9 Å². The molecule has 1 heterocycles. The monoisotopic (exact) mass is 461 g/mol. The highest BCUT2D eigenvalue weighted by atomic mass is 79.9. The van der Waals surface area contributed by atoms with E-state index < -0.39 is 10.8 Å². The lowest BCUT2D eigenvalue weighted by molar-refractivity contribution is -0.384. The smallest absolute Gasteiger partial charge is 0.293 e. The number of pyridine rings is 1. The van der Waals surface area contributed by atoms with Crippen LogP contribution < -0.4 is 5.32 Å². The number of carbonyl (C=O) groups is 1. The van der Waals surface area contributed by atoms with Gasteiger partial charge >= 0.3 is 0 Å². The van der Waals surface area contributed by atoms with E-state index in [0.29, 0.717) is 22.2 Å². The van der Waals surface area contributed by atoms with Crippen LogP contribution in [-0.2, 0) is 0 Å². The highest BCUT2D eigenvalue weighted by molar-refractivity contribution is 9.10. The number of amides is 1. The molecule has 0 bridgehead atoms. The number of halogens is 1. The summed E-state index contributed by atoms with van der Waals surface area (Å²) in [6, 6.07) is 21.4. The Labute approximate surface area is 180 Å². The van der Waals surface area contributed by atoms with Gasteiger partial charge in [-0.05, 0) is 42.8 Å². The summed E-state index contributed by atoms with van der Waals surface area (Å²) in [5, 5.41) is 14.8. The second kappa shape index (κ2) is 8.04. The third-order valence-corrected chi connectivity index (χ3v) is 5.17. The number of anilines is 1. The van der Waals surface area contributed by atoms with Crippen LogP contribution in [0.25, 0.3) is 22.2 Å². The number of aromatic nitrogens is 1. The van der Waals surface area contributed by atoms with E-state index in [2.05, 4.69) is 26.2 Å². The third-order valence-electron chi connectivity index (χ3n) is 4.68. The summed E-state index contributed by atoms with van der Waals surface area (Å²) in [6.07, 6.45) is 0. The van der Waals surface area contributed by atoms with E-state index in [1.165, 1.54) is 6.07 Å². The molecule has 0 saturated heterocycles. The fraction of sp³-hybridized carbons (Fsp3) is 0.0435. The Kier molecular flexibility index (Phi) is 5.29. The maximum Gasteiger partial charge on any atom is 0.293 e. The quantitative estimate of drug-likeness (QED) is 0.292. The molecule has 148 valence electrons. The maximum absolute atomic E-state index is 13.2. The fourth-order valence-corrected chi connectivity index (χ4v) is 3.65. The first kappa shape index (κ1) is 19.7. The molecule has 4 rings (SSSR count). The molecule has 0 aliphatic rings. The van der Waals surface area contributed by atoms with Crippen LogP contribution in [-0.4, -0.2) is 15.8 Å². The van der Waals surface area contributed by atoms with Crippen molar-refractivity contribution in [3.63, 3.8) is 0 Å². The SMILES string of the molecule is Cc1ccc(NC(=O)c2cc(-c3cccc(Br)c3)nc3ccccc23)c([N+](=O)[O-])c1. The van der Waals surface area contributed by atoms with Gasteiger partial charge in [-0.1, -0.05) is 52.3 Å². The third kappa shape index (κ3) is 3.92. The molecule has 0 atom stereocenters. The van der Waals surface area contributed by atoms with Crippen molar-refractivity contribution in [2.24, 2.45) is 0 Å². The molecule has 0 aliphatic carbocycles. The number of para-hydroxylation sites is 1. The summed E-state index contributed by atoms with van der Waals surface area (Å²) >= 11 is 3.46. The molecule has 0 saturated carbocycles. The predicted octanol–water partition coefficient (Wildman–Crippen LogP) is 6.13. The second-order valence-corrected chi connectivity index (χ2v) is 7.73. The number of nitrogens with one attached hydrogen (secondary N) is 1. The van der Waals surface area contributed by atoms with Gasteiger partial charge in [0.15, 0.2) is 0 Å². The van der Waals surface area contributed by atoms with Crippen molar-refractivity contribution in [3.8, 4) is 11.3 Å². The molecule has 4 aromatic rings. The van der Waals surface area contributed by atoms with Gasteiger partial charge in [-0.15, -0.1) is 0 Å². The van der Waals surface area contributed by atoms with Crippen LogP contribution in [0.5, 0.6) is 0 Å². The zero-order valence-corrected chi connectivity index (χ0v) is 17.5. The number of nitro benzene ring substituents is 1. The first-order valence-corrected chi connectivity index (χ1v) is 9.94. The lowest BCUT2D eigenvalue weighted by Crippen LogP contribution is -2.14. The highest BCUT2D eigenvalue weighted by Gasteiger charge is 2.19. The fourth-order valence-electron chi connectivity index (χ4n) is 3.25. The van der Waals surface area contributed by atoms with Crippen molar-refractivity contribution in [1.82, 2.24) is 4.98 Å². The van der Waals surface area contributed by atoms with Crippen molar-refractivity contribution < 1.29 is 9.72 Å². The van der Waals surface area contributed by atoms with E-state index in [0.717, 1.165) is 15.6 Å². The van der Waals surface area contributed by atoms with Crippen molar-refractivity contribution in [2.75, 3.05) is 5.32 Å². The van der Waals surface area contributed by atoms with Crippen LogP contribution in [0.4, 0.5) is 11.4 Å². The normalized spacial score (nSPS) is 10.7. The minimum absolute atomic E-state index is 0.145. The molecule has 3 aromatic carbocycles. The minimum atomic E-state index is -0.500. The van der Waals surface area contributed by atoms with E-state index in [9.17, 15) is 14.9 Å². The van der Waals surface area contributed by atoms with E-state index in [1.807, 2.05) is 48.5 Å². The van der Waals surface area contributed by atoms with E-state index in [1.54, 1.807) is 25.1 Å². The first-order valence-electron chi connectivity index (χ1n) is 9.14. The summed E-state index contributed by atoms with van der Waals surface area (Å²) in [5.41, 5.74) is 3.30. The molecule has 0 fully saturated rings. The van der Waals surface area contributed by atoms with Crippen molar-refractivity contribution >= 4 is 44.1 Å². The number of carbonyl (C=O) groups excluding carboxylic acids is 1. The van der Waals surface area contributed by atoms with Crippen LogP contribution in [0.2, 0.25) is 0 Å². The summed E-state index contributed by atoms with van der Waals surface area (Å²) in [7, 11) is 0. The molecule has 0 spiro atoms. The number of fused-ring (bicyclic) bond motifs is 1. The Bertz CT molecular complexity index is 1300. The van der Waals surface area contributed by atoms with Crippen LogP contribution in [0.15, 0.2) is 77.3 Å². The molecule has 30 heavy (non-hydrogen) atoms. The average Bonchev–Trinajstić information content (AvgIpc) is 2.74. The lowest BCUT2D eigenvalue weighted by Gasteiger charge is -2.11. The zero-order valence-electron chi connectivity index (χ0n) is 15.9. The number of aryl methyl sites for hydroxylation is 1. The molecular formula is C23H16BrN3O3. The molecule has 7 heteroatoms. The van der Waals surface area contributed by atoms with E-state index in [4.69, 9.17) is 0 Å². The molecular weight excluding hydrogens is 446 g/mol. The van der Waals surface area contributed by atoms with Crippen LogP contribution >= 0.6 is 15.9 Å². The Balaban J connectivity index is 1.82. The topological polar surface area (TPSA) is 85.1 Å².